The van der Waals surface area contributed by atoms with Crippen molar-refractivity contribution in [2.24, 2.45) is 0 Å². The second kappa shape index (κ2) is 7.96. The predicted molar refractivity (Wildman–Crippen MR) is 114 cm³/mol. The molecule has 1 N–H and O–H groups in total. The quantitative estimate of drug-likeness (QED) is 0.453. The zero-order valence-corrected chi connectivity index (χ0v) is 17.3. The van der Waals surface area contributed by atoms with Gasteiger partial charge < -0.3 is 14.2 Å². The van der Waals surface area contributed by atoms with E-state index >= 15 is 0 Å². The number of rotatable bonds is 4. The smallest absolute Gasteiger partial charge is 0.294 e. The third-order valence-electron chi connectivity index (χ3n) is 5.16. The van der Waals surface area contributed by atoms with Crippen molar-refractivity contribution in [3.63, 3.8) is 0 Å². The lowest BCUT2D eigenvalue weighted by atomic mass is 10.2. The lowest BCUT2D eigenvalue weighted by molar-refractivity contribution is -0.384. The van der Waals surface area contributed by atoms with Crippen molar-refractivity contribution >= 4 is 40.4 Å². The third kappa shape index (κ3) is 3.71. The Morgan fingerprint density at radius 1 is 1.20 bits per heavy atom. The average Bonchev–Trinajstić information content (AvgIpc) is 3.19. The van der Waals surface area contributed by atoms with E-state index in [1.165, 1.54) is 0 Å². The Morgan fingerprint density at radius 2 is 1.93 bits per heavy atom. The summed E-state index contributed by atoms with van der Waals surface area (Å²) in [5, 5.41) is 13.6. The molecule has 10 heteroatoms. The van der Waals surface area contributed by atoms with Gasteiger partial charge in [0.25, 0.3) is 16.8 Å². The number of nitrogens with zero attached hydrogens (tertiary/aromatic N) is 3. The second-order valence-corrected chi connectivity index (χ2v) is 8.06. The van der Waals surface area contributed by atoms with Crippen molar-refractivity contribution in [3.8, 4) is 5.69 Å². The molecule has 156 valence electrons. The Kier molecular flexibility index (Phi) is 5.35. The Hall–Kier alpha value is -3.11. The number of nitro groups is 1. The molecule has 1 aromatic carbocycles. The molecule has 0 spiro atoms. The maximum atomic E-state index is 11.9. The van der Waals surface area contributed by atoms with E-state index in [1.54, 1.807) is 18.2 Å². The maximum absolute atomic E-state index is 11.9. The van der Waals surface area contributed by atoms with Crippen molar-refractivity contribution in [3.05, 3.63) is 56.2 Å². The molecule has 0 saturated carbocycles. The van der Waals surface area contributed by atoms with Gasteiger partial charge >= 0.3 is 0 Å². The Bertz CT molecular complexity index is 1090. The van der Waals surface area contributed by atoms with Crippen LogP contribution >= 0.6 is 11.8 Å². The molecule has 1 aromatic heterocycles. The fraction of sp³-hybridized carbons (Fsp3) is 0.300. The summed E-state index contributed by atoms with van der Waals surface area (Å²) >= 11 is 0.859. The van der Waals surface area contributed by atoms with E-state index in [4.69, 9.17) is 4.74 Å². The van der Waals surface area contributed by atoms with Gasteiger partial charge in [-0.1, -0.05) is 0 Å². The first kappa shape index (κ1) is 20.2. The lowest BCUT2D eigenvalue weighted by Crippen LogP contribution is -2.36. The van der Waals surface area contributed by atoms with Crippen LogP contribution in [0, 0.1) is 24.0 Å². The van der Waals surface area contributed by atoms with Gasteiger partial charge in [0.15, 0.2) is 0 Å². The molecule has 4 rings (SSSR count). The lowest BCUT2D eigenvalue weighted by Gasteiger charge is -2.28. The maximum Gasteiger partial charge on any atom is 0.294 e. The highest BCUT2D eigenvalue weighted by molar-refractivity contribution is 8.18. The van der Waals surface area contributed by atoms with E-state index in [1.807, 2.05) is 35.4 Å². The van der Waals surface area contributed by atoms with Crippen molar-refractivity contribution < 1.29 is 19.2 Å². The number of ether oxygens (including phenoxy) is 1. The first-order valence-electron chi connectivity index (χ1n) is 9.40. The minimum Gasteiger partial charge on any atom is -0.378 e. The molecule has 0 bridgehead atoms. The van der Waals surface area contributed by atoms with Crippen LogP contribution in [0.3, 0.4) is 0 Å². The topological polar surface area (TPSA) is 107 Å². The molecular formula is C20H20N4O5S. The minimum atomic E-state index is -0.416. The number of thioether (sulfide) groups is 1. The highest BCUT2D eigenvalue weighted by atomic mass is 32.2. The van der Waals surface area contributed by atoms with E-state index in [0.29, 0.717) is 42.6 Å². The molecule has 30 heavy (non-hydrogen) atoms. The van der Waals surface area contributed by atoms with Gasteiger partial charge in [-0.3, -0.25) is 25.0 Å². The highest BCUT2D eigenvalue weighted by Gasteiger charge is 2.26. The molecule has 9 nitrogen and oxygen atoms in total. The molecule has 0 aliphatic carbocycles. The molecular weight excluding hydrogens is 408 g/mol. The number of nitrogens with one attached hydrogen (secondary N) is 1. The molecule has 2 aliphatic heterocycles. The van der Waals surface area contributed by atoms with Crippen LogP contribution in [0.5, 0.6) is 0 Å². The van der Waals surface area contributed by atoms with Crippen molar-refractivity contribution in [2.75, 3.05) is 31.2 Å². The van der Waals surface area contributed by atoms with Crippen LogP contribution in [0.4, 0.5) is 16.2 Å². The van der Waals surface area contributed by atoms with Crippen molar-refractivity contribution in [2.45, 2.75) is 13.8 Å². The van der Waals surface area contributed by atoms with Crippen LogP contribution in [0.2, 0.25) is 0 Å². The molecule has 0 radical (unpaired) electrons. The van der Waals surface area contributed by atoms with Gasteiger partial charge in [0.1, 0.15) is 5.69 Å². The van der Waals surface area contributed by atoms with E-state index in [0.717, 1.165) is 28.7 Å². The number of carbonyl (C=O) groups excluding carboxylic acids is 2. The number of aryl methyl sites for hydroxylation is 1. The van der Waals surface area contributed by atoms with Gasteiger partial charge in [-0.2, -0.15) is 0 Å². The number of aromatic nitrogens is 1. The molecule has 2 saturated heterocycles. The van der Waals surface area contributed by atoms with Gasteiger partial charge in [-0.05, 0) is 55.4 Å². The monoisotopic (exact) mass is 428 g/mol. The molecule has 2 amide bonds. The zero-order valence-electron chi connectivity index (χ0n) is 16.5. The van der Waals surface area contributed by atoms with Crippen LogP contribution in [-0.2, 0) is 9.53 Å². The van der Waals surface area contributed by atoms with Crippen molar-refractivity contribution in [1.29, 1.82) is 0 Å². The number of imide groups is 1. The molecule has 0 unspecified atom stereocenters. The molecule has 2 aromatic rings. The second-order valence-electron chi connectivity index (χ2n) is 7.04. The normalized spacial score (nSPS) is 18.2. The summed E-state index contributed by atoms with van der Waals surface area (Å²) in [6, 6.07) is 7.09. The zero-order chi connectivity index (χ0) is 21.4. The predicted octanol–water partition coefficient (Wildman–Crippen LogP) is 3.16. The minimum absolute atomic E-state index is 0.0399. The van der Waals surface area contributed by atoms with Gasteiger partial charge in [-0.15, -0.1) is 0 Å². The summed E-state index contributed by atoms with van der Waals surface area (Å²) in [5.41, 5.74) is 3.74. The average molecular weight is 428 g/mol. The van der Waals surface area contributed by atoms with E-state index in [-0.39, 0.29) is 10.6 Å². The van der Waals surface area contributed by atoms with Crippen LogP contribution in [0.15, 0.2) is 29.2 Å². The van der Waals surface area contributed by atoms with E-state index < -0.39 is 11.1 Å². The first-order valence-corrected chi connectivity index (χ1v) is 10.2. The standard InChI is InChI=1S/C20H20N4O5S/c1-12-9-14(10-18-19(25)21-20(26)30-18)13(2)23(12)15-3-4-16(17(11-15)24(27)28)22-5-7-29-8-6-22/h3-4,9-11H,5-8H2,1-2H3,(H,21,25,26)/b18-10-. The number of benzene rings is 1. The summed E-state index contributed by atoms with van der Waals surface area (Å²) in [4.78, 5) is 37.0. The van der Waals surface area contributed by atoms with Crippen LogP contribution < -0.4 is 10.2 Å². The van der Waals surface area contributed by atoms with Gasteiger partial charge in [-0.25, -0.2) is 0 Å². The number of hydrogen-bond acceptors (Lipinski definition) is 7. The highest BCUT2D eigenvalue weighted by Crippen LogP contribution is 2.34. The number of morpholine rings is 1. The van der Waals surface area contributed by atoms with Crippen LogP contribution in [0.1, 0.15) is 17.0 Å². The van der Waals surface area contributed by atoms with Gasteiger partial charge in [0.05, 0.1) is 28.7 Å². The number of amides is 2. The summed E-state index contributed by atoms with van der Waals surface area (Å²) in [7, 11) is 0. The van der Waals surface area contributed by atoms with Crippen molar-refractivity contribution in [1.82, 2.24) is 9.88 Å². The largest absolute Gasteiger partial charge is 0.378 e. The molecule has 2 aliphatic rings. The number of hydrogen-bond donors (Lipinski definition) is 1. The first-order chi connectivity index (χ1) is 14.3. The van der Waals surface area contributed by atoms with E-state index in [2.05, 4.69) is 5.32 Å². The number of carbonyl (C=O) groups is 2. The molecule has 2 fully saturated rings. The van der Waals surface area contributed by atoms with Crippen LogP contribution in [-0.4, -0.2) is 46.9 Å². The molecule has 3 heterocycles. The third-order valence-corrected chi connectivity index (χ3v) is 5.98. The fourth-order valence-corrected chi connectivity index (χ4v) is 4.44. The van der Waals surface area contributed by atoms with Crippen LogP contribution in [0.25, 0.3) is 11.8 Å². The Labute approximate surface area is 176 Å². The fourth-order valence-electron chi connectivity index (χ4n) is 3.76. The SMILES string of the molecule is Cc1cc(/C=C2\SC(=O)NC2=O)c(C)n1-c1ccc(N2CCOCC2)c([N+](=O)[O-])c1. The summed E-state index contributed by atoms with van der Waals surface area (Å²) in [6.07, 6.45) is 1.67. The summed E-state index contributed by atoms with van der Waals surface area (Å²) < 4.78 is 7.25. The van der Waals surface area contributed by atoms with E-state index in [9.17, 15) is 19.7 Å². The molecule has 0 atom stereocenters. The Morgan fingerprint density at radius 3 is 2.57 bits per heavy atom. The van der Waals surface area contributed by atoms with Gasteiger partial charge in [0, 0.05) is 30.5 Å². The number of nitro benzene ring substituents is 1. The summed E-state index contributed by atoms with van der Waals surface area (Å²) in [5.74, 6) is -0.416. The van der Waals surface area contributed by atoms with Gasteiger partial charge in [0.2, 0.25) is 0 Å². The Balaban J connectivity index is 1.74. The number of anilines is 1. The summed E-state index contributed by atoms with van der Waals surface area (Å²) in [6.45, 7) is 6.07.